The summed E-state index contributed by atoms with van der Waals surface area (Å²) in [5.74, 6) is 3.38. The van der Waals surface area contributed by atoms with Gasteiger partial charge in [0.2, 0.25) is 11.8 Å². The van der Waals surface area contributed by atoms with Gasteiger partial charge in [-0.25, -0.2) is 12.7 Å². The van der Waals surface area contributed by atoms with Gasteiger partial charge in [-0.1, -0.05) is 30.3 Å². The van der Waals surface area contributed by atoms with Crippen molar-refractivity contribution >= 4 is 44.9 Å². The molecule has 3 amide bonds. The van der Waals surface area contributed by atoms with Crippen LogP contribution in [0, 0.1) is 5.92 Å². The lowest BCUT2D eigenvalue weighted by atomic mass is 9.98. The monoisotopic (exact) mass is 500 g/mol. The Morgan fingerprint density at radius 2 is 1.97 bits per heavy atom. The standard InChI is InChI=1S/C23H28N6O5S/c24-27-15-28-9-3-4-16(14-28)12-25-21(30)11-20-23(32)26-13-22(31)29(20)35(33,34)19-8-7-17-5-1-2-6-18(17)10-19/h1-2,5-8,10,15-16,20H,3-4,9,11-14,24H2,(H,25,30)(H,26,32)/t16-,20-/m0/s1. The van der Waals surface area contributed by atoms with E-state index in [9.17, 15) is 22.8 Å². The number of hydrogen-bond acceptors (Lipinski definition) is 7. The van der Waals surface area contributed by atoms with Crippen molar-refractivity contribution in [3.8, 4) is 0 Å². The highest BCUT2D eigenvalue weighted by molar-refractivity contribution is 7.89. The van der Waals surface area contributed by atoms with E-state index in [4.69, 9.17) is 5.84 Å². The van der Waals surface area contributed by atoms with E-state index < -0.39 is 46.8 Å². The van der Waals surface area contributed by atoms with Crippen molar-refractivity contribution in [2.24, 2.45) is 16.9 Å². The third kappa shape index (κ3) is 5.37. The lowest BCUT2D eigenvalue weighted by Gasteiger charge is -2.34. The van der Waals surface area contributed by atoms with Gasteiger partial charge in [-0.05, 0) is 41.7 Å². The molecule has 2 aromatic carbocycles. The van der Waals surface area contributed by atoms with Gasteiger partial charge in [-0.3, -0.25) is 14.4 Å². The van der Waals surface area contributed by atoms with Crippen LogP contribution in [-0.4, -0.2) is 73.9 Å². The first kappa shape index (κ1) is 24.5. The molecule has 0 radical (unpaired) electrons. The minimum absolute atomic E-state index is 0.117. The summed E-state index contributed by atoms with van der Waals surface area (Å²) in [5, 5.41) is 10.2. The summed E-state index contributed by atoms with van der Waals surface area (Å²) in [6, 6.07) is 10.2. The van der Waals surface area contributed by atoms with Gasteiger partial charge in [0.05, 0.1) is 17.9 Å². The van der Waals surface area contributed by atoms with Crippen LogP contribution in [0.4, 0.5) is 0 Å². The molecule has 4 rings (SSSR count). The van der Waals surface area contributed by atoms with E-state index in [0.29, 0.717) is 22.8 Å². The lowest BCUT2D eigenvalue weighted by Crippen LogP contribution is -2.61. The van der Waals surface area contributed by atoms with E-state index in [1.165, 1.54) is 12.1 Å². The molecule has 11 nitrogen and oxygen atoms in total. The molecule has 35 heavy (non-hydrogen) atoms. The van der Waals surface area contributed by atoms with Gasteiger partial charge in [0.15, 0.2) is 0 Å². The summed E-state index contributed by atoms with van der Waals surface area (Å²) in [4.78, 5) is 39.9. The van der Waals surface area contributed by atoms with Crippen molar-refractivity contribution in [1.29, 1.82) is 0 Å². The zero-order chi connectivity index (χ0) is 25.0. The third-order valence-electron chi connectivity index (χ3n) is 6.27. The van der Waals surface area contributed by atoms with Crippen LogP contribution in [0.5, 0.6) is 0 Å². The Balaban J connectivity index is 1.49. The van der Waals surface area contributed by atoms with E-state index >= 15 is 0 Å². The van der Waals surface area contributed by atoms with Crippen molar-refractivity contribution in [1.82, 2.24) is 19.8 Å². The zero-order valence-electron chi connectivity index (χ0n) is 19.1. The van der Waals surface area contributed by atoms with E-state index in [0.717, 1.165) is 24.8 Å². The number of likely N-dealkylation sites (tertiary alicyclic amines) is 1. The quantitative estimate of drug-likeness (QED) is 0.209. The smallest absolute Gasteiger partial charge is 0.267 e. The van der Waals surface area contributed by atoms with Crippen LogP contribution >= 0.6 is 0 Å². The summed E-state index contributed by atoms with van der Waals surface area (Å²) in [5.41, 5.74) is 0. The van der Waals surface area contributed by atoms with Gasteiger partial charge in [0, 0.05) is 19.6 Å². The number of rotatable bonds is 7. The number of amides is 3. The highest BCUT2D eigenvalue weighted by Crippen LogP contribution is 2.26. The van der Waals surface area contributed by atoms with E-state index in [1.54, 1.807) is 24.5 Å². The van der Waals surface area contributed by atoms with Gasteiger partial charge in [-0.2, -0.15) is 5.10 Å². The predicted octanol–water partition coefficient (Wildman–Crippen LogP) is -0.0242. The molecule has 186 valence electrons. The van der Waals surface area contributed by atoms with Crippen molar-refractivity contribution < 1.29 is 22.8 Å². The molecule has 0 saturated carbocycles. The molecule has 2 atom stereocenters. The summed E-state index contributed by atoms with van der Waals surface area (Å²) in [7, 11) is -4.37. The maximum atomic E-state index is 13.4. The van der Waals surface area contributed by atoms with Crippen molar-refractivity contribution in [3.63, 3.8) is 0 Å². The Bertz CT molecular complexity index is 1260. The Morgan fingerprint density at radius 1 is 1.20 bits per heavy atom. The number of nitrogens with zero attached hydrogens (tertiary/aromatic N) is 3. The summed E-state index contributed by atoms with van der Waals surface area (Å²) >= 11 is 0. The molecule has 4 N–H and O–H groups in total. The normalized spacial score (nSPS) is 21.4. The molecular formula is C23H28N6O5S. The van der Waals surface area contributed by atoms with Crippen molar-refractivity contribution in [2.45, 2.75) is 30.2 Å². The van der Waals surface area contributed by atoms with Crippen LogP contribution in [0.3, 0.4) is 0 Å². The van der Waals surface area contributed by atoms with Crippen LogP contribution in [-0.2, 0) is 24.4 Å². The maximum Gasteiger partial charge on any atom is 0.267 e. The average molecular weight is 501 g/mol. The summed E-state index contributed by atoms with van der Waals surface area (Å²) < 4.78 is 27.4. The van der Waals surface area contributed by atoms with Crippen LogP contribution in [0.15, 0.2) is 52.5 Å². The number of nitrogens with two attached hydrogens (primary N) is 1. The second-order valence-electron chi connectivity index (χ2n) is 8.71. The van der Waals surface area contributed by atoms with Gasteiger partial charge in [0.1, 0.15) is 12.4 Å². The number of benzene rings is 2. The summed E-state index contributed by atoms with van der Waals surface area (Å²) in [6.07, 6.45) is 2.91. The van der Waals surface area contributed by atoms with E-state index in [2.05, 4.69) is 15.7 Å². The van der Waals surface area contributed by atoms with Gasteiger partial charge in [0.25, 0.3) is 15.9 Å². The first-order valence-corrected chi connectivity index (χ1v) is 12.8. The fraction of sp³-hybridized carbons (Fsp3) is 0.391. The van der Waals surface area contributed by atoms with Crippen LogP contribution in [0.2, 0.25) is 0 Å². The minimum Gasteiger partial charge on any atom is -0.361 e. The molecule has 2 aliphatic heterocycles. The minimum atomic E-state index is -4.37. The number of hydrazone groups is 1. The van der Waals surface area contributed by atoms with Crippen LogP contribution in [0.25, 0.3) is 10.8 Å². The number of piperidine rings is 1. The number of fused-ring (bicyclic) bond motifs is 1. The van der Waals surface area contributed by atoms with Gasteiger partial charge < -0.3 is 21.4 Å². The molecule has 0 aliphatic carbocycles. The van der Waals surface area contributed by atoms with E-state index in [-0.39, 0.29) is 10.8 Å². The average Bonchev–Trinajstić information content (AvgIpc) is 2.85. The number of hydrogen-bond donors (Lipinski definition) is 3. The molecule has 2 saturated heterocycles. The number of carbonyl (C=O) groups is 3. The molecule has 0 bridgehead atoms. The zero-order valence-corrected chi connectivity index (χ0v) is 19.9. The second-order valence-corrected chi connectivity index (χ2v) is 10.5. The first-order valence-electron chi connectivity index (χ1n) is 11.4. The molecule has 12 heteroatoms. The van der Waals surface area contributed by atoms with E-state index in [1.807, 2.05) is 17.0 Å². The third-order valence-corrected chi connectivity index (χ3v) is 8.10. The van der Waals surface area contributed by atoms with Crippen LogP contribution in [0.1, 0.15) is 19.3 Å². The molecule has 2 fully saturated rings. The lowest BCUT2D eigenvalue weighted by molar-refractivity contribution is -0.141. The molecule has 2 heterocycles. The Morgan fingerprint density at radius 3 is 2.74 bits per heavy atom. The topological polar surface area (TPSA) is 154 Å². The molecule has 2 aliphatic rings. The molecule has 0 spiro atoms. The predicted molar refractivity (Wildman–Crippen MR) is 129 cm³/mol. The molecule has 2 aromatic rings. The van der Waals surface area contributed by atoms with Crippen molar-refractivity contribution in [2.75, 3.05) is 26.2 Å². The van der Waals surface area contributed by atoms with Crippen LogP contribution < -0.4 is 16.5 Å². The van der Waals surface area contributed by atoms with Gasteiger partial charge >= 0.3 is 0 Å². The number of nitrogens with one attached hydrogen (secondary N) is 2. The Kier molecular flexibility index (Phi) is 7.20. The highest BCUT2D eigenvalue weighted by atomic mass is 32.2. The second kappa shape index (κ2) is 10.3. The number of carbonyl (C=O) groups excluding carboxylic acids is 3. The van der Waals surface area contributed by atoms with Crippen molar-refractivity contribution in [3.05, 3.63) is 42.5 Å². The number of sulfonamides is 1. The summed E-state index contributed by atoms with van der Waals surface area (Å²) in [6.45, 7) is 1.40. The Hall–Kier alpha value is -3.67. The molecule has 0 unspecified atom stereocenters. The largest absolute Gasteiger partial charge is 0.361 e. The number of piperazine rings is 1. The fourth-order valence-electron chi connectivity index (χ4n) is 4.53. The fourth-order valence-corrected chi connectivity index (χ4v) is 6.11. The first-order chi connectivity index (χ1) is 16.8. The van der Waals surface area contributed by atoms with Gasteiger partial charge in [-0.15, -0.1) is 0 Å². The highest BCUT2D eigenvalue weighted by Gasteiger charge is 2.43. The SMILES string of the molecule is NN=CN1CCC[C@@H](CNC(=O)C[C@H]2C(=O)NCC(=O)N2S(=O)(=O)c2ccc3ccccc3c2)C1. The Labute approximate surface area is 203 Å². The maximum absolute atomic E-state index is 13.4. The molecule has 0 aromatic heterocycles. The molecular weight excluding hydrogens is 472 g/mol.